The summed E-state index contributed by atoms with van der Waals surface area (Å²) in [6.07, 6.45) is 0. The predicted octanol–water partition coefficient (Wildman–Crippen LogP) is 1.71. The van der Waals surface area contributed by atoms with Gasteiger partial charge in [-0.1, -0.05) is 23.7 Å². The highest BCUT2D eigenvalue weighted by Gasteiger charge is 2.18. The van der Waals surface area contributed by atoms with Crippen LogP contribution in [-0.2, 0) is 4.79 Å². The molecular weight excluding hydrogens is 214 g/mol. The van der Waals surface area contributed by atoms with Crippen molar-refractivity contribution in [2.45, 2.75) is 13.0 Å². The van der Waals surface area contributed by atoms with Crippen LogP contribution in [0.3, 0.4) is 0 Å². The molecule has 1 N–H and O–H groups in total. The van der Waals surface area contributed by atoms with E-state index >= 15 is 0 Å². The minimum absolute atomic E-state index is 0.231. The molecule has 0 saturated heterocycles. The average molecular weight is 223 g/mol. The Hall–Kier alpha value is -1.62. The Morgan fingerprint density at radius 1 is 1.47 bits per heavy atom. The van der Waals surface area contributed by atoms with E-state index < -0.39 is 12.0 Å². The summed E-state index contributed by atoms with van der Waals surface area (Å²) >= 11 is 1.18. The van der Waals surface area contributed by atoms with Gasteiger partial charge in [-0.25, -0.2) is 8.75 Å². The van der Waals surface area contributed by atoms with Gasteiger partial charge in [-0.3, -0.25) is 4.79 Å². The zero-order valence-electron chi connectivity index (χ0n) is 8.01. The molecule has 0 fully saturated rings. The molecule has 0 aliphatic rings. The summed E-state index contributed by atoms with van der Waals surface area (Å²) in [5, 5.41) is 9.41. The first-order valence-corrected chi connectivity index (χ1v) is 5.22. The second-order valence-corrected chi connectivity index (χ2v) is 4.25. The summed E-state index contributed by atoms with van der Waals surface area (Å²) in [5.74, 6) is -0.997. The summed E-state index contributed by atoms with van der Waals surface area (Å²) in [4.78, 5) is 22.6. The standard InChI is InChI=1S/C10H9NO3S/c1-6(10(13)14)11-9(12)7-4-2-3-5-8(7)15-11/h2-6H,1H3,(H,13,14). The number of aromatic nitrogens is 1. The van der Waals surface area contributed by atoms with Crippen molar-refractivity contribution in [3.8, 4) is 0 Å². The Morgan fingerprint density at radius 3 is 2.73 bits per heavy atom. The number of rotatable bonds is 2. The normalized spacial score (nSPS) is 12.9. The number of carboxylic acids is 1. The lowest BCUT2D eigenvalue weighted by molar-refractivity contribution is -0.140. The van der Waals surface area contributed by atoms with Crippen LogP contribution >= 0.6 is 11.5 Å². The minimum atomic E-state index is -0.997. The Kier molecular flexibility index (Phi) is 2.32. The van der Waals surface area contributed by atoms with E-state index in [4.69, 9.17) is 5.11 Å². The van der Waals surface area contributed by atoms with Crippen LogP contribution in [0.25, 0.3) is 10.1 Å². The highest BCUT2D eigenvalue weighted by atomic mass is 32.1. The van der Waals surface area contributed by atoms with Crippen molar-refractivity contribution in [2.24, 2.45) is 0 Å². The second-order valence-electron chi connectivity index (χ2n) is 3.23. The lowest BCUT2D eigenvalue weighted by Gasteiger charge is -2.03. The lowest BCUT2D eigenvalue weighted by Crippen LogP contribution is -2.22. The smallest absolute Gasteiger partial charge is 0.327 e. The number of nitrogens with zero attached hydrogens (tertiary/aromatic N) is 1. The van der Waals surface area contributed by atoms with E-state index in [2.05, 4.69) is 0 Å². The maximum atomic E-state index is 11.8. The molecule has 1 aromatic heterocycles. The van der Waals surface area contributed by atoms with Crippen LogP contribution in [0.5, 0.6) is 0 Å². The molecular formula is C10H9NO3S. The Morgan fingerprint density at radius 2 is 2.13 bits per heavy atom. The van der Waals surface area contributed by atoms with Crippen molar-refractivity contribution < 1.29 is 9.90 Å². The van der Waals surface area contributed by atoms with E-state index in [1.54, 1.807) is 12.1 Å². The van der Waals surface area contributed by atoms with Gasteiger partial charge in [0.15, 0.2) is 0 Å². The van der Waals surface area contributed by atoms with Crippen molar-refractivity contribution in [1.82, 2.24) is 3.96 Å². The van der Waals surface area contributed by atoms with E-state index in [-0.39, 0.29) is 5.56 Å². The van der Waals surface area contributed by atoms with Gasteiger partial charge < -0.3 is 5.11 Å². The van der Waals surface area contributed by atoms with Crippen LogP contribution in [0, 0.1) is 0 Å². The van der Waals surface area contributed by atoms with E-state index in [9.17, 15) is 9.59 Å². The highest BCUT2D eigenvalue weighted by molar-refractivity contribution is 7.13. The third-order valence-corrected chi connectivity index (χ3v) is 3.45. The average Bonchev–Trinajstić information content (AvgIpc) is 2.56. The summed E-state index contributed by atoms with van der Waals surface area (Å²) in [5.41, 5.74) is -0.231. The molecule has 1 aromatic carbocycles. The number of carboxylic acid groups (broad SMARTS) is 1. The van der Waals surface area contributed by atoms with E-state index in [1.807, 2.05) is 12.1 Å². The van der Waals surface area contributed by atoms with Crippen LogP contribution in [0.4, 0.5) is 0 Å². The number of fused-ring (bicyclic) bond motifs is 1. The van der Waals surface area contributed by atoms with Gasteiger partial charge in [0.1, 0.15) is 6.04 Å². The van der Waals surface area contributed by atoms with Gasteiger partial charge in [-0.05, 0) is 19.1 Å². The number of benzene rings is 1. The Labute approximate surface area is 89.5 Å². The van der Waals surface area contributed by atoms with Crippen LogP contribution in [0.1, 0.15) is 13.0 Å². The molecule has 0 radical (unpaired) electrons. The summed E-state index contributed by atoms with van der Waals surface area (Å²) in [6.45, 7) is 1.50. The highest BCUT2D eigenvalue weighted by Crippen LogP contribution is 2.19. The lowest BCUT2D eigenvalue weighted by atomic mass is 10.3. The third-order valence-electron chi connectivity index (χ3n) is 2.22. The first kappa shape index (κ1) is 9.92. The molecule has 78 valence electrons. The molecule has 1 atom stereocenters. The van der Waals surface area contributed by atoms with Crippen molar-refractivity contribution in [3.63, 3.8) is 0 Å². The molecule has 0 spiro atoms. The largest absolute Gasteiger partial charge is 0.480 e. The second kappa shape index (κ2) is 3.51. The van der Waals surface area contributed by atoms with E-state index in [0.717, 1.165) is 4.70 Å². The molecule has 0 amide bonds. The number of aliphatic carboxylic acids is 1. The first-order chi connectivity index (χ1) is 7.11. The number of hydrogen-bond acceptors (Lipinski definition) is 3. The molecule has 15 heavy (non-hydrogen) atoms. The van der Waals surface area contributed by atoms with Crippen LogP contribution in [0.15, 0.2) is 29.1 Å². The van der Waals surface area contributed by atoms with E-state index in [0.29, 0.717) is 5.39 Å². The zero-order chi connectivity index (χ0) is 11.0. The van der Waals surface area contributed by atoms with Gasteiger partial charge in [-0.15, -0.1) is 0 Å². The molecule has 0 aliphatic heterocycles. The molecule has 1 heterocycles. The fraction of sp³-hybridized carbons (Fsp3) is 0.200. The molecule has 2 rings (SSSR count). The molecule has 4 nitrogen and oxygen atoms in total. The first-order valence-electron chi connectivity index (χ1n) is 4.44. The zero-order valence-corrected chi connectivity index (χ0v) is 8.82. The molecule has 2 aromatic rings. The van der Waals surface area contributed by atoms with Gasteiger partial charge >= 0.3 is 5.97 Å². The van der Waals surface area contributed by atoms with Gasteiger partial charge in [-0.2, -0.15) is 0 Å². The molecule has 0 bridgehead atoms. The van der Waals surface area contributed by atoms with Crippen LogP contribution in [0.2, 0.25) is 0 Å². The van der Waals surface area contributed by atoms with Crippen molar-refractivity contribution in [1.29, 1.82) is 0 Å². The van der Waals surface area contributed by atoms with Crippen LogP contribution < -0.4 is 5.56 Å². The fourth-order valence-corrected chi connectivity index (χ4v) is 2.38. The fourth-order valence-electron chi connectivity index (χ4n) is 1.34. The number of carbonyl (C=O) groups is 1. The Bertz CT molecular complexity index is 569. The minimum Gasteiger partial charge on any atom is -0.480 e. The van der Waals surface area contributed by atoms with Crippen molar-refractivity contribution in [2.75, 3.05) is 0 Å². The van der Waals surface area contributed by atoms with Crippen LogP contribution in [-0.4, -0.2) is 15.0 Å². The summed E-state index contributed by atoms with van der Waals surface area (Å²) in [7, 11) is 0. The predicted molar refractivity (Wildman–Crippen MR) is 58.4 cm³/mol. The van der Waals surface area contributed by atoms with Gasteiger partial charge in [0.2, 0.25) is 0 Å². The SMILES string of the molecule is CC(C(=O)O)n1sc2ccccc2c1=O. The number of hydrogen-bond donors (Lipinski definition) is 1. The van der Waals surface area contributed by atoms with Gasteiger partial charge in [0.25, 0.3) is 5.56 Å². The molecule has 0 aliphatic carbocycles. The van der Waals surface area contributed by atoms with Crippen molar-refractivity contribution in [3.05, 3.63) is 34.6 Å². The molecule has 0 saturated carbocycles. The topological polar surface area (TPSA) is 59.3 Å². The maximum absolute atomic E-state index is 11.8. The Balaban J connectivity index is 2.68. The molecule has 5 heteroatoms. The van der Waals surface area contributed by atoms with Gasteiger partial charge in [0.05, 0.1) is 10.1 Å². The van der Waals surface area contributed by atoms with Gasteiger partial charge in [0, 0.05) is 0 Å². The quantitative estimate of drug-likeness (QED) is 0.843. The molecule has 1 unspecified atom stereocenters. The summed E-state index contributed by atoms with van der Waals surface area (Å²) < 4.78 is 2.10. The van der Waals surface area contributed by atoms with E-state index in [1.165, 1.54) is 22.4 Å². The van der Waals surface area contributed by atoms with Crippen molar-refractivity contribution >= 4 is 27.6 Å². The summed E-state index contributed by atoms with van der Waals surface area (Å²) in [6, 6.07) is 6.31. The maximum Gasteiger partial charge on any atom is 0.327 e. The third kappa shape index (κ3) is 1.55. The monoisotopic (exact) mass is 223 g/mol.